The Morgan fingerprint density at radius 3 is 2.94 bits per heavy atom. The first-order valence-electron chi connectivity index (χ1n) is 10.2. The number of imidazole rings is 1. The van der Waals surface area contributed by atoms with Crippen molar-refractivity contribution in [3.05, 3.63) is 59.8 Å². The van der Waals surface area contributed by atoms with Gasteiger partial charge in [-0.15, -0.1) is 10.2 Å². The summed E-state index contributed by atoms with van der Waals surface area (Å²) in [5, 5.41) is 21.9. The highest BCUT2D eigenvalue weighted by atomic mass is 19.1. The third-order valence-corrected chi connectivity index (χ3v) is 5.57. The zero-order chi connectivity index (χ0) is 22.2. The Labute approximate surface area is 181 Å². The van der Waals surface area contributed by atoms with Crippen molar-refractivity contribution in [1.82, 2.24) is 29.6 Å². The third kappa shape index (κ3) is 3.54. The van der Waals surface area contributed by atoms with Crippen molar-refractivity contribution < 1.29 is 18.6 Å². The van der Waals surface area contributed by atoms with E-state index in [4.69, 9.17) is 9.84 Å². The van der Waals surface area contributed by atoms with E-state index in [1.54, 1.807) is 35.1 Å². The smallest absolute Gasteiger partial charge is 0.177 e. The number of hydrogen-bond donors (Lipinski definition) is 1. The van der Waals surface area contributed by atoms with Crippen molar-refractivity contribution in [3.63, 3.8) is 0 Å². The van der Waals surface area contributed by atoms with Crippen molar-refractivity contribution in [2.75, 3.05) is 25.2 Å². The highest BCUT2D eigenvalue weighted by Gasteiger charge is 2.36. The van der Waals surface area contributed by atoms with E-state index in [9.17, 15) is 8.78 Å². The number of aliphatic hydroxyl groups excluding tert-OH is 1. The minimum atomic E-state index is -1.09. The van der Waals surface area contributed by atoms with Gasteiger partial charge in [-0.1, -0.05) is 5.21 Å². The molecule has 0 unspecified atom stereocenters. The van der Waals surface area contributed by atoms with Gasteiger partial charge in [0.15, 0.2) is 11.5 Å². The summed E-state index contributed by atoms with van der Waals surface area (Å²) in [5.41, 5.74) is 1.79. The molecule has 3 aromatic heterocycles. The average Bonchev–Trinajstić information content (AvgIpc) is 3.51. The lowest BCUT2D eigenvalue weighted by molar-refractivity contribution is 0.298. The average molecular weight is 441 g/mol. The number of ether oxygens (including phenoxy) is 1. The van der Waals surface area contributed by atoms with Gasteiger partial charge in [0.1, 0.15) is 23.6 Å². The molecule has 11 heteroatoms. The number of hydrogen-bond acceptors (Lipinski definition) is 7. The van der Waals surface area contributed by atoms with E-state index < -0.39 is 18.0 Å². The van der Waals surface area contributed by atoms with Crippen LogP contribution < -0.4 is 9.64 Å². The zero-order valence-electron chi connectivity index (χ0n) is 17.3. The van der Waals surface area contributed by atoms with Crippen molar-refractivity contribution in [2.24, 2.45) is 0 Å². The summed E-state index contributed by atoms with van der Waals surface area (Å²) in [6.07, 6.45) is 2.80. The van der Waals surface area contributed by atoms with Gasteiger partial charge < -0.3 is 14.7 Å². The Morgan fingerprint density at radius 2 is 2.12 bits per heavy atom. The second kappa shape index (κ2) is 8.15. The second-order valence-corrected chi connectivity index (χ2v) is 7.59. The van der Waals surface area contributed by atoms with Gasteiger partial charge in [0, 0.05) is 25.0 Å². The van der Waals surface area contributed by atoms with E-state index in [-0.39, 0.29) is 19.6 Å². The monoisotopic (exact) mass is 441 g/mol. The van der Waals surface area contributed by atoms with E-state index in [2.05, 4.69) is 20.4 Å². The Morgan fingerprint density at radius 1 is 1.25 bits per heavy atom. The highest BCUT2D eigenvalue weighted by molar-refractivity contribution is 5.53. The lowest BCUT2D eigenvalue weighted by atomic mass is 10.0. The molecule has 0 radical (unpaired) electrons. The van der Waals surface area contributed by atoms with Gasteiger partial charge in [0.2, 0.25) is 0 Å². The molecular weight excluding hydrogens is 420 g/mol. The van der Waals surface area contributed by atoms with Gasteiger partial charge in [0.25, 0.3) is 0 Å². The van der Waals surface area contributed by atoms with Crippen LogP contribution in [0.2, 0.25) is 0 Å². The molecule has 1 saturated heterocycles. The Balaban J connectivity index is 1.55. The van der Waals surface area contributed by atoms with Crippen LogP contribution in [0.4, 0.5) is 14.6 Å². The highest BCUT2D eigenvalue weighted by Crippen LogP contribution is 2.40. The van der Waals surface area contributed by atoms with E-state index >= 15 is 0 Å². The number of fused-ring (bicyclic) bond motifs is 1. The Kier molecular flexibility index (Phi) is 5.17. The predicted molar refractivity (Wildman–Crippen MR) is 111 cm³/mol. The number of alkyl halides is 1. The van der Waals surface area contributed by atoms with Crippen LogP contribution in [0.1, 0.15) is 23.7 Å². The molecule has 0 aliphatic carbocycles. The van der Waals surface area contributed by atoms with E-state index in [0.29, 0.717) is 40.7 Å². The van der Waals surface area contributed by atoms with Gasteiger partial charge in [-0.05, 0) is 30.3 Å². The molecule has 1 aliphatic heterocycles. The first-order valence-corrected chi connectivity index (χ1v) is 10.2. The number of methoxy groups -OCH3 is 1. The molecule has 1 N–H and O–H groups in total. The summed E-state index contributed by atoms with van der Waals surface area (Å²) in [5.74, 6) is 1.16. The van der Waals surface area contributed by atoms with Crippen LogP contribution in [0.5, 0.6) is 5.75 Å². The lowest BCUT2D eigenvalue weighted by Crippen LogP contribution is -2.26. The maximum atomic E-state index is 14.5. The molecule has 0 bridgehead atoms. The van der Waals surface area contributed by atoms with Crippen molar-refractivity contribution in [3.8, 4) is 11.6 Å². The number of halogens is 2. The molecule has 4 aromatic rings. The predicted octanol–water partition coefficient (Wildman–Crippen LogP) is 2.28. The number of benzene rings is 1. The second-order valence-electron chi connectivity index (χ2n) is 7.59. The van der Waals surface area contributed by atoms with E-state index in [1.807, 2.05) is 4.90 Å². The SMILES string of the molecule is COc1ccc(F)cc1[C@H]1C[C@H](F)CN1c1ccc2ncc(-n3cc(CCO)nn3)n2n1. The molecule has 0 spiro atoms. The van der Waals surface area contributed by atoms with Crippen LogP contribution in [-0.2, 0) is 6.42 Å². The van der Waals surface area contributed by atoms with Crippen LogP contribution in [-0.4, -0.2) is 61.1 Å². The molecule has 32 heavy (non-hydrogen) atoms. The van der Waals surface area contributed by atoms with Crippen molar-refractivity contribution in [2.45, 2.75) is 25.1 Å². The summed E-state index contributed by atoms with van der Waals surface area (Å²) in [6.45, 7) is 0.0926. The van der Waals surface area contributed by atoms with Crippen molar-refractivity contribution >= 4 is 11.5 Å². The molecule has 9 nitrogen and oxygen atoms in total. The molecule has 0 amide bonds. The molecule has 0 saturated carbocycles. The maximum Gasteiger partial charge on any atom is 0.177 e. The number of anilines is 1. The van der Waals surface area contributed by atoms with E-state index in [0.717, 1.165) is 0 Å². The van der Waals surface area contributed by atoms with Gasteiger partial charge in [-0.3, -0.25) is 0 Å². The molecule has 166 valence electrons. The molecule has 5 rings (SSSR count). The topological polar surface area (TPSA) is 93.6 Å². The molecular formula is C21H21F2N7O2. The largest absolute Gasteiger partial charge is 0.496 e. The molecule has 1 aromatic carbocycles. The summed E-state index contributed by atoms with van der Waals surface area (Å²) >= 11 is 0. The molecule has 2 atom stereocenters. The van der Waals surface area contributed by atoms with Crippen LogP contribution >= 0.6 is 0 Å². The Hall–Kier alpha value is -3.60. The first kappa shape index (κ1) is 20.3. The maximum absolute atomic E-state index is 14.5. The number of nitrogens with zero attached hydrogens (tertiary/aromatic N) is 7. The molecule has 4 heterocycles. The minimum absolute atomic E-state index is 0.0292. The fourth-order valence-corrected chi connectivity index (χ4v) is 4.10. The van der Waals surface area contributed by atoms with Crippen LogP contribution in [0.3, 0.4) is 0 Å². The number of aromatic nitrogens is 6. The standard InChI is InChI=1S/C21H21F2N7O2/c1-32-18-3-2-13(22)8-16(18)17-9-14(23)11-28(17)20-5-4-19-24-10-21(30(19)26-20)29-12-15(6-7-31)25-27-29/h2-5,8,10,12,14,17,31H,6-7,9,11H2,1H3/t14-,17+/m0/s1. The molecule has 1 fully saturated rings. The van der Waals surface area contributed by atoms with Gasteiger partial charge >= 0.3 is 0 Å². The summed E-state index contributed by atoms with van der Waals surface area (Å²) < 4.78 is 37.1. The van der Waals surface area contributed by atoms with Crippen LogP contribution in [0.15, 0.2) is 42.7 Å². The normalized spacial score (nSPS) is 18.6. The van der Waals surface area contributed by atoms with Gasteiger partial charge in [-0.2, -0.15) is 4.52 Å². The van der Waals surface area contributed by atoms with E-state index in [1.165, 1.54) is 23.9 Å². The van der Waals surface area contributed by atoms with Gasteiger partial charge in [0.05, 0.1) is 37.8 Å². The first-order chi connectivity index (χ1) is 15.6. The van der Waals surface area contributed by atoms with Crippen LogP contribution in [0.25, 0.3) is 11.5 Å². The lowest BCUT2D eigenvalue weighted by Gasteiger charge is -2.26. The third-order valence-electron chi connectivity index (χ3n) is 5.57. The minimum Gasteiger partial charge on any atom is -0.496 e. The summed E-state index contributed by atoms with van der Waals surface area (Å²) in [6, 6.07) is 7.36. The Bertz CT molecular complexity index is 1260. The summed E-state index contributed by atoms with van der Waals surface area (Å²) in [7, 11) is 1.51. The quantitative estimate of drug-likeness (QED) is 0.491. The zero-order valence-corrected chi connectivity index (χ0v) is 17.3. The van der Waals surface area contributed by atoms with Gasteiger partial charge in [-0.25, -0.2) is 18.4 Å². The fourth-order valence-electron chi connectivity index (χ4n) is 4.10. The van der Waals surface area contributed by atoms with Crippen molar-refractivity contribution in [1.29, 1.82) is 0 Å². The summed E-state index contributed by atoms with van der Waals surface area (Å²) in [4.78, 5) is 6.16. The number of aliphatic hydroxyl groups is 1. The number of rotatable bonds is 6. The van der Waals surface area contributed by atoms with Crippen LogP contribution in [0, 0.1) is 5.82 Å². The molecule has 1 aliphatic rings. The fraction of sp³-hybridized carbons (Fsp3) is 0.333.